The zero-order valence-electron chi connectivity index (χ0n) is 9.53. The molecule has 1 heterocycles. The van der Waals surface area contributed by atoms with E-state index in [1.54, 1.807) is 6.07 Å². The van der Waals surface area contributed by atoms with Gasteiger partial charge in [-0.2, -0.15) is 0 Å². The molecule has 86 valence electrons. The average Bonchev–Trinajstić information content (AvgIpc) is 2.65. The molecule has 1 aliphatic rings. The van der Waals surface area contributed by atoms with E-state index in [2.05, 4.69) is 6.92 Å². The smallest absolute Gasteiger partial charge is 0.248 e. The third-order valence-corrected chi connectivity index (χ3v) is 3.15. The van der Waals surface area contributed by atoms with Gasteiger partial charge in [0.15, 0.2) is 0 Å². The maximum Gasteiger partial charge on any atom is 0.248 e. The van der Waals surface area contributed by atoms with E-state index in [9.17, 15) is 4.79 Å². The molecule has 1 aromatic carbocycles. The van der Waals surface area contributed by atoms with Gasteiger partial charge in [0.2, 0.25) is 5.91 Å². The summed E-state index contributed by atoms with van der Waals surface area (Å²) in [7, 11) is 0. The van der Waals surface area contributed by atoms with Crippen molar-refractivity contribution in [1.29, 1.82) is 0 Å². The van der Waals surface area contributed by atoms with E-state index < -0.39 is 0 Å². The molecule has 1 aliphatic heterocycles. The molecule has 0 spiro atoms. The maximum absolute atomic E-state index is 11.3. The summed E-state index contributed by atoms with van der Waals surface area (Å²) in [4.78, 5) is 11.3. The van der Waals surface area contributed by atoms with Gasteiger partial charge in [0.1, 0.15) is 0 Å². The highest BCUT2D eigenvalue weighted by Crippen LogP contribution is 2.29. The molecule has 1 unspecified atom stereocenters. The lowest BCUT2D eigenvalue weighted by Gasteiger charge is -2.24. The SMILES string of the molecule is CC1(Cc2ccccc2C(N)=O)CCCO1. The standard InChI is InChI=1S/C13H17NO2/c1-13(7-4-8-16-13)9-10-5-2-3-6-11(10)12(14)15/h2-3,5-6H,4,7-9H2,1H3,(H2,14,15). The number of hydrogen-bond acceptors (Lipinski definition) is 2. The lowest BCUT2D eigenvalue weighted by Crippen LogP contribution is -2.27. The highest BCUT2D eigenvalue weighted by molar-refractivity contribution is 5.94. The van der Waals surface area contributed by atoms with Gasteiger partial charge in [-0.15, -0.1) is 0 Å². The van der Waals surface area contributed by atoms with E-state index in [4.69, 9.17) is 10.5 Å². The topological polar surface area (TPSA) is 52.3 Å². The van der Waals surface area contributed by atoms with Crippen LogP contribution in [-0.2, 0) is 11.2 Å². The molecule has 1 saturated heterocycles. The Labute approximate surface area is 95.6 Å². The van der Waals surface area contributed by atoms with Crippen LogP contribution in [0.4, 0.5) is 0 Å². The van der Waals surface area contributed by atoms with Crippen LogP contribution in [0.3, 0.4) is 0 Å². The van der Waals surface area contributed by atoms with Crippen molar-refractivity contribution in [2.45, 2.75) is 31.8 Å². The van der Waals surface area contributed by atoms with Gasteiger partial charge in [-0.05, 0) is 31.4 Å². The van der Waals surface area contributed by atoms with Crippen LogP contribution >= 0.6 is 0 Å². The first-order chi connectivity index (χ1) is 7.61. The normalized spacial score (nSPS) is 24.6. The van der Waals surface area contributed by atoms with Gasteiger partial charge in [-0.1, -0.05) is 18.2 Å². The fraction of sp³-hybridized carbons (Fsp3) is 0.462. The predicted molar refractivity (Wildman–Crippen MR) is 62.3 cm³/mol. The minimum atomic E-state index is -0.364. The number of carbonyl (C=O) groups excluding carboxylic acids is 1. The fourth-order valence-corrected chi connectivity index (χ4v) is 2.29. The van der Waals surface area contributed by atoms with Crippen molar-refractivity contribution in [3.05, 3.63) is 35.4 Å². The van der Waals surface area contributed by atoms with Crippen molar-refractivity contribution >= 4 is 5.91 Å². The number of carbonyl (C=O) groups is 1. The molecule has 1 amide bonds. The summed E-state index contributed by atoms with van der Waals surface area (Å²) in [6, 6.07) is 7.49. The molecule has 0 radical (unpaired) electrons. The molecule has 0 saturated carbocycles. The number of nitrogens with two attached hydrogens (primary N) is 1. The molecule has 3 heteroatoms. The molecular weight excluding hydrogens is 202 g/mol. The summed E-state index contributed by atoms with van der Waals surface area (Å²) >= 11 is 0. The van der Waals surface area contributed by atoms with Crippen molar-refractivity contribution in [2.75, 3.05) is 6.61 Å². The van der Waals surface area contributed by atoms with Gasteiger partial charge >= 0.3 is 0 Å². The third-order valence-electron chi connectivity index (χ3n) is 3.15. The lowest BCUT2D eigenvalue weighted by atomic mass is 9.91. The lowest BCUT2D eigenvalue weighted by molar-refractivity contribution is 0.0206. The van der Waals surface area contributed by atoms with Gasteiger partial charge in [-0.3, -0.25) is 4.79 Å². The third kappa shape index (κ3) is 2.25. The summed E-state index contributed by atoms with van der Waals surface area (Å²) in [6.07, 6.45) is 2.89. The number of amides is 1. The maximum atomic E-state index is 11.3. The summed E-state index contributed by atoms with van der Waals surface area (Å²) < 4.78 is 5.73. The molecule has 1 aromatic rings. The molecular formula is C13H17NO2. The van der Waals surface area contributed by atoms with Crippen LogP contribution in [0.15, 0.2) is 24.3 Å². The van der Waals surface area contributed by atoms with Crippen molar-refractivity contribution < 1.29 is 9.53 Å². The average molecular weight is 219 g/mol. The Morgan fingerprint density at radius 1 is 1.50 bits per heavy atom. The Morgan fingerprint density at radius 3 is 2.88 bits per heavy atom. The highest BCUT2D eigenvalue weighted by Gasteiger charge is 2.30. The molecule has 16 heavy (non-hydrogen) atoms. The van der Waals surface area contributed by atoms with Crippen molar-refractivity contribution in [3.63, 3.8) is 0 Å². The zero-order chi connectivity index (χ0) is 11.6. The summed E-state index contributed by atoms with van der Waals surface area (Å²) in [5, 5.41) is 0. The van der Waals surface area contributed by atoms with E-state index >= 15 is 0 Å². The molecule has 3 nitrogen and oxygen atoms in total. The summed E-state index contributed by atoms with van der Waals surface area (Å²) in [6.45, 7) is 2.91. The molecule has 0 bridgehead atoms. The summed E-state index contributed by atoms with van der Waals surface area (Å²) in [5.41, 5.74) is 6.81. The van der Waals surface area contributed by atoms with Gasteiger partial charge in [-0.25, -0.2) is 0 Å². The van der Waals surface area contributed by atoms with Crippen LogP contribution in [0.5, 0.6) is 0 Å². The van der Waals surface area contributed by atoms with Crippen LogP contribution in [0.1, 0.15) is 35.7 Å². The molecule has 2 rings (SSSR count). The quantitative estimate of drug-likeness (QED) is 0.844. The van der Waals surface area contributed by atoms with Gasteiger partial charge < -0.3 is 10.5 Å². The van der Waals surface area contributed by atoms with Crippen LogP contribution < -0.4 is 5.73 Å². The first-order valence-corrected chi connectivity index (χ1v) is 5.62. The molecule has 1 fully saturated rings. The van der Waals surface area contributed by atoms with Crippen LogP contribution in [0.2, 0.25) is 0 Å². The molecule has 1 atom stereocenters. The largest absolute Gasteiger partial charge is 0.375 e. The van der Waals surface area contributed by atoms with Crippen molar-refractivity contribution in [3.8, 4) is 0 Å². The zero-order valence-corrected chi connectivity index (χ0v) is 9.53. The number of benzene rings is 1. The number of ether oxygens (including phenoxy) is 1. The number of primary amides is 1. The van der Waals surface area contributed by atoms with Crippen LogP contribution in [0.25, 0.3) is 0 Å². The molecule has 2 N–H and O–H groups in total. The van der Waals surface area contributed by atoms with Gasteiger partial charge in [0.05, 0.1) is 5.60 Å². The Kier molecular flexibility index (Phi) is 2.97. The number of rotatable bonds is 3. The first-order valence-electron chi connectivity index (χ1n) is 5.62. The Balaban J connectivity index is 2.23. The molecule has 0 aliphatic carbocycles. The minimum Gasteiger partial charge on any atom is -0.375 e. The Hall–Kier alpha value is -1.35. The second kappa shape index (κ2) is 4.26. The van der Waals surface area contributed by atoms with E-state index in [1.165, 1.54) is 0 Å². The second-order valence-corrected chi connectivity index (χ2v) is 4.60. The number of hydrogen-bond donors (Lipinski definition) is 1. The second-order valence-electron chi connectivity index (χ2n) is 4.60. The van der Waals surface area contributed by atoms with Crippen molar-refractivity contribution in [2.24, 2.45) is 5.73 Å². The van der Waals surface area contributed by atoms with Crippen LogP contribution in [0, 0.1) is 0 Å². The fourth-order valence-electron chi connectivity index (χ4n) is 2.29. The van der Waals surface area contributed by atoms with Crippen LogP contribution in [-0.4, -0.2) is 18.1 Å². The van der Waals surface area contributed by atoms with E-state index in [0.717, 1.165) is 31.4 Å². The first kappa shape index (κ1) is 11.1. The monoisotopic (exact) mass is 219 g/mol. The van der Waals surface area contributed by atoms with Crippen molar-refractivity contribution in [1.82, 2.24) is 0 Å². The van der Waals surface area contributed by atoms with E-state index in [-0.39, 0.29) is 11.5 Å². The van der Waals surface area contributed by atoms with Gasteiger partial charge in [0.25, 0.3) is 0 Å². The van der Waals surface area contributed by atoms with E-state index in [0.29, 0.717) is 5.56 Å². The molecule has 0 aromatic heterocycles. The Morgan fingerprint density at radius 2 is 2.25 bits per heavy atom. The summed E-state index contributed by atoms with van der Waals surface area (Å²) in [5.74, 6) is -0.364. The Bertz CT molecular complexity index is 395. The predicted octanol–water partition coefficient (Wildman–Crippen LogP) is 1.90. The minimum absolute atomic E-state index is 0.133. The highest BCUT2D eigenvalue weighted by atomic mass is 16.5. The van der Waals surface area contributed by atoms with E-state index in [1.807, 2.05) is 18.2 Å². The van der Waals surface area contributed by atoms with Gasteiger partial charge in [0, 0.05) is 18.6 Å².